The third-order valence-corrected chi connectivity index (χ3v) is 8.08. The highest BCUT2D eigenvalue weighted by Crippen LogP contribution is 2.40. The van der Waals surface area contributed by atoms with Crippen LogP contribution in [0.15, 0.2) is 49.2 Å². The molecule has 2 aromatic rings. The summed E-state index contributed by atoms with van der Waals surface area (Å²) in [5.41, 5.74) is 4.92. The predicted octanol–water partition coefficient (Wildman–Crippen LogP) is 3.62. The van der Waals surface area contributed by atoms with E-state index in [0.29, 0.717) is 39.0 Å². The van der Waals surface area contributed by atoms with Crippen LogP contribution < -0.4 is 10.4 Å². The molecule has 5 rings (SSSR count). The lowest BCUT2D eigenvalue weighted by atomic mass is 9.83. The predicted molar refractivity (Wildman–Crippen MR) is 145 cm³/mol. The van der Waals surface area contributed by atoms with Crippen molar-refractivity contribution in [1.29, 1.82) is 0 Å². The Kier molecular flexibility index (Phi) is 7.54. The van der Waals surface area contributed by atoms with Crippen LogP contribution >= 0.6 is 0 Å². The molecule has 3 saturated heterocycles. The number of likely N-dealkylation sites (tertiary alicyclic amines) is 1. The summed E-state index contributed by atoms with van der Waals surface area (Å²) in [6.45, 7) is 9.77. The molecule has 9 nitrogen and oxygen atoms in total. The summed E-state index contributed by atoms with van der Waals surface area (Å²) in [7, 11) is 0. The Balaban J connectivity index is 1.49. The number of aromatic nitrogens is 1. The summed E-state index contributed by atoms with van der Waals surface area (Å²) in [4.78, 5) is 33.4. The van der Waals surface area contributed by atoms with Gasteiger partial charge in [-0.15, -0.1) is 0 Å². The second-order valence-electron chi connectivity index (χ2n) is 11.0. The lowest BCUT2D eigenvalue weighted by molar-refractivity contribution is -0.132. The number of alkyl halides is 2. The maximum Gasteiger partial charge on any atom is 0.290 e. The van der Waals surface area contributed by atoms with Crippen molar-refractivity contribution in [3.8, 4) is 5.75 Å². The van der Waals surface area contributed by atoms with Crippen LogP contribution in [0.5, 0.6) is 5.75 Å². The molecule has 4 unspecified atom stereocenters. The van der Waals surface area contributed by atoms with E-state index in [2.05, 4.69) is 60.1 Å². The van der Waals surface area contributed by atoms with Crippen LogP contribution in [0.2, 0.25) is 0 Å². The Labute approximate surface area is 232 Å². The number of hydrogen-bond acceptors (Lipinski definition) is 7. The minimum absolute atomic E-state index is 0.00263. The first-order chi connectivity index (χ1) is 19.0. The largest absolute Gasteiger partial charge is 0.506 e. The summed E-state index contributed by atoms with van der Waals surface area (Å²) in [6.07, 6.45) is 2.50. The number of piperidine rings is 1. The Hall–Kier alpha value is -3.57. The van der Waals surface area contributed by atoms with Gasteiger partial charge in [0.2, 0.25) is 5.91 Å². The quantitative estimate of drug-likeness (QED) is 0.544. The molecule has 0 aliphatic carbocycles. The Bertz CT molecular complexity index is 1280. The van der Waals surface area contributed by atoms with Gasteiger partial charge < -0.3 is 24.7 Å². The van der Waals surface area contributed by atoms with E-state index in [4.69, 9.17) is 4.74 Å². The lowest BCUT2D eigenvalue weighted by Crippen LogP contribution is -2.61. The number of ether oxygens (including phenoxy) is 1. The SMILES string of the molecule is C=CC(=O)N1CCOC2NN(c3ccc(C(C)C)cc3)C3CCN(C(=O)c4cnc(C(C)(F)F)c(O)c4)C(C1)C23. The molecule has 0 spiro atoms. The molecule has 214 valence electrons. The molecule has 3 aliphatic heterocycles. The first-order valence-corrected chi connectivity index (χ1v) is 13.6. The number of nitrogens with zero attached hydrogens (tertiary/aromatic N) is 4. The summed E-state index contributed by atoms with van der Waals surface area (Å²) >= 11 is 0. The average Bonchev–Trinajstić information content (AvgIpc) is 3.28. The fraction of sp³-hybridized carbons (Fsp3) is 0.483. The molecular weight excluding hydrogens is 520 g/mol. The van der Waals surface area contributed by atoms with Crippen molar-refractivity contribution in [3.63, 3.8) is 0 Å². The lowest BCUT2D eigenvalue weighted by Gasteiger charge is -2.47. The summed E-state index contributed by atoms with van der Waals surface area (Å²) in [6, 6.07) is 8.90. The van der Waals surface area contributed by atoms with Crippen molar-refractivity contribution < 1.29 is 28.2 Å². The number of aromatic hydroxyl groups is 1. The molecule has 1 aromatic carbocycles. The number of halogens is 2. The van der Waals surface area contributed by atoms with E-state index in [1.165, 1.54) is 11.6 Å². The number of nitrogens with one attached hydrogen (secondary N) is 1. The minimum atomic E-state index is -3.36. The second-order valence-corrected chi connectivity index (χ2v) is 11.0. The van der Waals surface area contributed by atoms with Gasteiger partial charge in [0.25, 0.3) is 11.8 Å². The zero-order valence-electron chi connectivity index (χ0n) is 22.9. The summed E-state index contributed by atoms with van der Waals surface area (Å²) < 4.78 is 33.8. The molecule has 1 aromatic heterocycles. The van der Waals surface area contributed by atoms with Gasteiger partial charge in [-0.25, -0.2) is 5.43 Å². The number of carbonyl (C=O) groups is 2. The fourth-order valence-corrected chi connectivity index (χ4v) is 6.03. The highest BCUT2D eigenvalue weighted by atomic mass is 19.3. The Morgan fingerprint density at radius 3 is 2.58 bits per heavy atom. The van der Waals surface area contributed by atoms with Crippen molar-refractivity contribution in [3.05, 3.63) is 66.0 Å². The third kappa shape index (κ3) is 5.15. The number of amides is 2. The molecule has 4 atom stereocenters. The highest BCUT2D eigenvalue weighted by Gasteiger charge is 2.53. The van der Waals surface area contributed by atoms with E-state index in [1.54, 1.807) is 9.80 Å². The van der Waals surface area contributed by atoms with E-state index in [-0.39, 0.29) is 30.0 Å². The molecular formula is C29H35F2N5O4. The van der Waals surface area contributed by atoms with Gasteiger partial charge in [0.05, 0.1) is 29.9 Å². The standard InChI is InChI=1S/C29H35F2N5O4/c1-5-24(38)34-12-13-40-27-25-21(36(33-27)20-8-6-18(7-9-20)17(2)3)10-11-35(22(25)16-34)28(39)19-14-23(37)26(32-15-19)29(4,30)31/h5-9,14-15,17,21-22,25,27,33,37H,1,10-13,16H2,2-4H3. The van der Waals surface area contributed by atoms with Crippen molar-refractivity contribution in [2.24, 2.45) is 5.92 Å². The summed E-state index contributed by atoms with van der Waals surface area (Å²) in [5, 5.41) is 12.3. The van der Waals surface area contributed by atoms with E-state index >= 15 is 0 Å². The van der Waals surface area contributed by atoms with E-state index < -0.39 is 35.5 Å². The monoisotopic (exact) mass is 555 g/mol. The Morgan fingerprint density at radius 2 is 1.95 bits per heavy atom. The molecule has 2 amide bonds. The molecule has 40 heavy (non-hydrogen) atoms. The van der Waals surface area contributed by atoms with Gasteiger partial charge in [-0.1, -0.05) is 32.6 Å². The molecule has 0 saturated carbocycles. The van der Waals surface area contributed by atoms with Crippen molar-refractivity contribution in [2.45, 2.75) is 57.3 Å². The number of carbonyl (C=O) groups excluding carboxylic acids is 2. The van der Waals surface area contributed by atoms with E-state index in [9.17, 15) is 23.5 Å². The second kappa shape index (κ2) is 10.8. The van der Waals surface area contributed by atoms with Gasteiger partial charge in [0.1, 0.15) is 12.0 Å². The minimum Gasteiger partial charge on any atom is -0.506 e. The smallest absolute Gasteiger partial charge is 0.290 e. The average molecular weight is 556 g/mol. The maximum absolute atomic E-state index is 13.8. The molecule has 2 N–H and O–H groups in total. The van der Waals surface area contributed by atoms with Crippen LogP contribution in [0.3, 0.4) is 0 Å². The van der Waals surface area contributed by atoms with Crippen molar-refractivity contribution in [1.82, 2.24) is 20.2 Å². The number of pyridine rings is 1. The molecule has 0 radical (unpaired) electrons. The third-order valence-electron chi connectivity index (χ3n) is 8.08. The van der Waals surface area contributed by atoms with Crippen molar-refractivity contribution in [2.75, 3.05) is 31.3 Å². The zero-order chi connectivity index (χ0) is 28.8. The van der Waals surface area contributed by atoms with Gasteiger partial charge in [0.15, 0.2) is 5.69 Å². The fourth-order valence-electron chi connectivity index (χ4n) is 6.03. The molecule has 0 bridgehead atoms. The van der Waals surface area contributed by atoms with E-state index in [0.717, 1.165) is 18.0 Å². The number of rotatable bonds is 5. The van der Waals surface area contributed by atoms with E-state index in [1.807, 2.05) is 0 Å². The van der Waals surface area contributed by atoms with Gasteiger partial charge >= 0.3 is 0 Å². The topological polar surface area (TPSA) is 98.2 Å². The highest BCUT2D eigenvalue weighted by molar-refractivity contribution is 5.95. The number of hydrazine groups is 1. The van der Waals surface area contributed by atoms with Crippen LogP contribution in [0.1, 0.15) is 54.7 Å². The van der Waals surface area contributed by atoms with Gasteiger partial charge in [-0.3, -0.25) is 14.6 Å². The normalized spacial score (nSPS) is 24.9. The summed E-state index contributed by atoms with van der Waals surface area (Å²) in [5.74, 6) is -4.62. The first kappa shape index (κ1) is 28.0. The van der Waals surface area contributed by atoms with Crippen LogP contribution in [0.25, 0.3) is 0 Å². The molecule has 11 heteroatoms. The maximum atomic E-state index is 13.8. The van der Waals surface area contributed by atoms with Gasteiger partial charge in [-0.05, 0) is 42.2 Å². The van der Waals surface area contributed by atoms with Crippen LogP contribution in [-0.2, 0) is 15.5 Å². The number of anilines is 1. The number of hydrogen-bond donors (Lipinski definition) is 2. The van der Waals surface area contributed by atoms with Gasteiger partial charge in [0, 0.05) is 38.7 Å². The molecule has 4 heterocycles. The zero-order valence-corrected chi connectivity index (χ0v) is 22.9. The molecule has 3 fully saturated rings. The molecule has 3 aliphatic rings. The Morgan fingerprint density at radius 1 is 1.23 bits per heavy atom. The van der Waals surface area contributed by atoms with Crippen LogP contribution in [-0.4, -0.2) is 76.3 Å². The number of benzene rings is 1. The van der Waals surface area contributed by atoms with Gasteiger partial charge in [-0.2, -0.15) is 8.78 Å². The van der Waals surface area contributed by atoms with Crippen LogP contribution in [0.4, 0.5) is 14.5 Å². The van der Waals surface area contributed by atoms with Crippen molar-refractivity contribution >= 4 is 17.5 Å². The van der Waals surface area contributed by atoms with Crippen LogP contribution in [0, 0.1) is 5.92 Å². The first-order valence-electron chi connectivity index (χ1n) is 13.6.